The first kappa shape index (κ1) is 14.3. The van der Waals surface area contributed by atoms with E-state index in [0.29, 0.717) is 5.56 Å². The van der Waals surface area contributed by atoms with Crippen molar-refractivity contribution in [1.29, 1.82) is 0 Å². The van der Waals surface area contributed by atoms with Crippen LogP contribution in [-0.4, -0.2) is 13.0 Å². The van der Waals surface area contributed by atoms with E-state index in [1.165, 1.54) is 11.6 Å². The summed E-state index contributed by atoms with van der Waals surface area (Å²) in [5.74, 6) is -0.00525. The van der Waals surface area contributed by atoms with E-state index in [-0.39, 0.29) is 16.2 Å². The van der Waals surface area contributed by atoms with Crippen LogP contribution in [0.5, 0.6) is 0 Å². The van der Waals surface area contributed by atoms with E-state index in [1.54, 1.807) is 12.1 Å². The second kappa shape index (κ2) is 4.68. The van der Waals surface area contributed by atoms with Crippen molar-refractivity contribution in [1.82, 2.24) is 0 Å². The largest absolute Gasteiger partial charge is 0.294 e. The lowest BCUT2D eigenvalue weighted by Crippen LogP contribution is -2.13. The molecular weight excluding hydrogens is 284 g/mol. The maximum Gasteiger partial charge on any atom is 0.294 e. The molecule has 0 spiro atoms. The van der Waals surface area contributed by atoms with Gasteiger partial charge < -0.3 is 0 Å². The summed E-state index contributed by atoms with van der Waals surface area (Å²) in [5, 5.41) is 0. The molecule has 0 radical (unpaired) electrons. The molecule has 2 aromatic carbocycles. The third-order valence-corrected chi connectivity index (χ3v) is 5.28. The first-order chi connectivity index (χ1) is 9.81. The number of fused-ring (bicyclic) bond motifs is 1. The van der Waals surface area contributed by atoms with Gasteiger partial charge >= 0.3 is 0 Å². The van der Waals surface area contributed by atoms with Gasteiger partial charge in [-0.1, -0.05) is 56.3 Å². The van der Waals surface area contributed by atoms with Crippen molar-refractivity contribution >= 4 is 10.1 Å². The first-order valence-electron chi connectivity index (χ1n) is 6.96. The van der Waals surface area contributed by atoms with Crippen molar-refractivity contribution in [3.05, 3.63) is 65.2 Å². The van der Waals surface area contributed by atoms with Crippen LogP contribution in [0.2, 0.25) is 0 Å². The molecule has 0 fully saturated rings. The second-order valence-corrected chi connectivity index (χ2v) is 7.63. The Hall–Kier alpha value is -1.65. The lowest BCUT2D eigenvalue weighted by molar-refractivity contribution is 0.475. The molecule has 2 aromatic rings. The molecule has 0 aliphatic heterocycles. The van der Waals surface area contributed by atoms with Crippen molar-refractivity contribution in [2.24, 2.45) is 0 Å². The predicted molar refractivity (Wildman–Crippen MR) is 82.2 cm³/mol. The van der Waals surface area contributed by atoms with Crippen LogP contribution in [0.15, 0.2) is 53.4 Å². The number of benzene rings is 2. The van der Waals surface area contributed by atoms with Gasteiger partial charge in [0.25, 0.3) is 10.1 Å². The van der Waals surface area contributed by atoms with Gasteiger partial charge in [0.1, 0.15) is 0 Å². The maximum absolute atomic E-state index is 11.6. The molecule has 0 saturated heterocycles. The van der Waals surface area contributed by atoms with Crippen LogP contribution in [0.3, 0.4) is 0 Å². The summed E-state index contributed by atoms with van der Waals surface area (Å²) in [5.41, 5.74) is 3.07. The van der Waals surface area contributed by atoms with E-state index in [0.717, 1.165) is 12.0 Å². The fraction of sp³-hybridized carbons (Fsp3) is 0.294. The van der Waals surface area contributed by atoms with Crippen molar-refractivity contribution in [2.75, 3.05) is 0 Å². The zero-order chi connectivity index (χ0) is 15.3. The van der Waals surface area contributed by atoms with Crippen LogP contribution in [0.1, 0.15) is 42.9 Å². The topological polar surface area (TPSA) is 54.4 Å². The lowest BCUT2D eigenvalue weighted by atomic mass is 9.85. The Labute approximate surface area is 125 Å². The standard InChI is InChI=1S/C17H18O3S/c1-17(2)11-14(12-7-3-5-9-15(12)17)13-8-4-6-10-16(13)21(18,19)20/h3-10,14H,11H2,1-2H3,(H,18,19,20). The van der Waals surface area contributed by atoms with E-state index >= 15 is 0 Å². The third kappa shape index (κ3) is 2.39. The number of hydrogen-bond acceptors (Lipinski definition) is 2. The van der Waals surface area contributed by atoms with E-state index in [1.807, 2.05) is 18.2 Å². The van der Waals surface area contributed by atoms with Crippen LogP contribution in [0.25, 0.3) is 0 Å². The molecule has 3 nitrogen and oxygen atoms in total. The Balaban J connectivity index is 2.21. The van der Waals surface area contributed by atoms with Crippen LogP contribution in [0.4, 0.5) is 0 Å². The number of hydrogen-bond donors (Lipinski definition) is 1. The number of rotatable bonds is 2. The average Bonchev–Trinajstić information content (AvgIpc) is 2.71. The molecule has 1 aliphatic rings. The highest BCUT2D eigenvalue weighted by molar-refractivity contribution is 7.85. The van der Waals surface area contributed by atoms with Gasteiger partial charge in [0.15, 0.2) is 0 Å². The minimum absolute atomic E-state index is 0.00525. The van der Waals surface area contributed by atoms with Crippen LogP contribution in [0, 0.1) is 0 Å². The molecule has 1 unspecified atom stereocenters. The Morgan fingerprint density at radius 2 is 1.57 bits per heavy atom. The van der Waals surface area contributed by atoms with Crippen molar-refractivity contribution < 1.29 is 13.0 Å². The summed E-state index contributed by atoms with van der Waals surface area (Å²) in [6.07, 6.45) is 0.832. The van der Waals surface area contributed by atoms with Crippen LogP contribution < -0.4 is 0 Å². The van der Waals surface area contributed by atoms with Gasteiger partial charge in [-0.2, -0.15) is 8.42 Å². The first-order valence-corrected chi connectivity index (χ1v) is 8.40. The molecule has 0 aromatic heterocycles. The van der Waals surface area contributed by atoms with Gasteiger partial charge in [-0.3, -0.25) is 4.55 Å². The highest BCUT2D eigenvalue weighted by atomic mass is 32.2. The fourth-order valence-corrected chi connectivity index (χ4v) is 4.19. The van der Waals surface area contributed by atoms with E-state index < -0.39 is 10.1 Å². The summed E-state index contributed by atoms with van der Waals surface area (Å²) < 4.78 is 32.8. The van der Waals surface area contributed by atoms with Gasteiger partial charge in [0, 0.05) is 5.92 Å². The third-order valence-electron chi connectivity index (χ3n) is 4.35. The summed E-state index contributed by atoms with van der Waals surface area (Å²) in [7, 11) is -4.21. The maximum atomic E-state index is 11.6. The minimum atomic E-state index is -4.21. The second-order valence-electron chi connectivity index (χ2n) is 6.24. The summed E-state index contributed by atoms with van der Waals surface area (Å²) in [4.78, 5) is 0.0162. The Morgan fingerprint density at radius 3 is 2.24 bits per heavy atom. The van der Waals surface area contributed by atoms with Crippen molar-refractivity contribution in [2.45, 2.75) is 36.5 Å². The molecule has 0 amide bonds. The highest BCUT2D eigenvalue weighted by Gasteiger charge is 2.38. The van der Waals surface area contributed by atoms with Crippen molar-refractivity contribution in [3.63, 3.8) is 0 Å². The zero-order valence-corrected chi connectivity index (χ0v) is 12.9. The smallest absolute Gasteiger partial charge is 0.282 e. The van der Waals surface area contributed by atoms with Gasteiger partial charge in [-0.05, 0) is 34.6 Å². The van der Waals surface area contributed by atoms with Crippen molar-refractivity contribution in [3.8, 4) is 0 Å². The molecule has 110 valence electrons. The minimum Gasteiger partial charge on any atom is -0.282 e. The Morgan fingerprint density at radius 1 is 1.00 bits per heavy atom. The molecule has 0 bridgehead atoms. The van der Waals surface area contributed by atoms with Gasteiger partial charge in [-0.25, -0.2) is 0 Å². The SMILES string of the molecule is CC1(C)CC(c2ccccc2S(=O)(=O)O)c2ccccc21. The Bertz CT molecular complexity index is 791. The summed E-state index contributed by atoms with van der Waals surface area (Å²) >= 11 is 0. The molecule has 3 rings (SSSR count). The van der Waals surface area contributed by atoms with E-state index in [9.17, 15) is 13.0 Å². The molecular formula is C17H18O3S. The zero-order valence-electron chi connectivity index (χ0n) is 12.1. The Kier molecular flexibility index (Phi) is 3.19. The van der Waals surface area contributed by atoms with Crippen LogP contribution in [-0.2, 0) is 15.5 Å². The molecule has 0 saturated carbocycles. The average molecular weight is 302 g/mol. The molecule has 4 heteroatoms. The van der Waals surface area contributed by atoms with Crippen LogP contribution >= 0.6 is 0 Å². The van der Waals surface area contributed by atoms with E-state index in [2.05, 4.69) is 26.0 Å². The summed E-state index contributed by atoms with van der Waals surface area (Å²) in [6.45, 7) is 4.34. The predicted octanol–water partition coefficient (Wildman–Crippen LogP) is 3.75. The molecule has 0 heterocycles. The van der Waals surface area contributed by atoms with Gasteiger partial charge in [-0.15, -0.1) is 0 Å². The monoisotopic (exact) mass is 302 g/mol. The van der Waals surface area contributed by atoms with E-state index in [4.69, 9.17) is 0 Å². The normalized spacial score (nSPS) is 20.2. The fourth-order valence-electron chi connectivity index (χ4n) is 3.43. The molecule has 1 aliphatic carbocycles. The van der Waals surface area contributed by atoms with Gasteiger partial charge in [0.2, 0.25) is 0 Å². The lowest BCUT2D eigenvalue weighted by Gasteiger charge is -2.20. The van der Waals surface area contributed by atoms with Gasteiger partial charge in [0.05, 0.1) is 4.90 Å². The quantitative estimate of drug-likeness (QED) is 0.860. The highest BCUT2D eigenvalue weighted by Crippen LogP contribution is 2.49. The molecule has 21 heavy (non-hydrogen) atoms. The molecule has 1 atom stereocenters. The summed E-state index contributed by atoms with van der Waals surface area (Å²) in [6, 6.07) is 14.9. The molecule has 1 N–H and O–H groups in total.